The highest BCUT2D eigenvalue weighted by molar-refractivity contribution is 7.98. The van der Waals surface area contributed by atoms with Crippen LogP contribution in [-0.4, -0.2) is 44.1 Å². The van der Waals surface area contributed by atoms with Crippen molar-refractivity contribution in [3.05, 3.63) is 33.7 Å². The molecule has 0 bridgehead atoms. The van der Waals surface area contributed by atoms with E-state index in [1.165, 1.54) is 26.0 Å². The topological polar surface area (TPSA) is 118 Å². The highest BCUT2D eigenvalue weighted by Crippen LogP contribution is 2.36. The molecule has 27 heavy (non-hydrogen) atoms. The number of carbonyl (C=O) groups excluding carboxylic acids is 2. The minimum absolute atomic E-state index is 0.147. The van der Waals surface area contributed by atoms with E-state index in [-0.39, 0.29) is 29.1 Å². The van der Waals surface area contributed by atoms with E-state index in [1.54, 1.807) is 25.3 Å². The molecule has 0 saturated carbocycles. The number of rotatable bonds is 8. The zero-order chi connectivity index (χ0) is 20.1. The van der Waals surface area contributed by atoms with Gasteiger partial charge in [-0.1, -0.05) is 0 Å². The van der Waals surface area contributed by atoms with Gasteiger partial charge in [-0.3, -0.25) is 4.79 Å². The van der Waals surface area contributed by atoms with E-state index in [4.69, 9.17) is 13.9 Å². The predicted molar refractivity (Wildman–Crippen MR) is 99.3 cm³/mol. The Morgan fingerprint density at radius 3 is 2.56 bits per heavy atom. The average molecular weight is 394 g/mol. The first-order valence-electron chi connectivity index (χ1n) is 8.00. The van der Waals surface area contributed by atoms with E-state index in [0.717, 1.165) is 0 Å². The summed E-state index contributed by atoms with van der Waals surface area (Å²) in [5, 5.41) is 14.0. The number of carbonyl (C=O) groups is 2. The highest BCUT2D eigenvalue weighted by atomic mass is 32.2. The van der Waals surface area contributed by atoms with Gasteiger partial charge in [0.05, 0.1) is 38.2 Å². The summed E-state index contributed by atoms with van der Waals surface area (Å²) in [7, 11) is 2.90. The second-order valence-corrected chi connectivity index (χ2v) is 6.65. The van der Waals surface area contributed by atoms with Crippen molar-refractivity contribution in [3.63, 3.8) is 0 Å². The number of aryl methyl sites for hydroxylation is 1. The summed E-state index contributed by atoms with van der Waals surface area (Å²) in [4.78, 5) is 35.7. The van der Waals surface area contributed by atoms with Gasteiger partial charge in [-0.15, -0.1) is 0 Å². The molecular weight excluding hydrogens is 374 g/mol. The zero-order valence-electron chi connectivity index (χ0n) is 15.4. The lowest BCUT2D eigenvalue weighted by Gasteiger charge is -2.19. The van der Waals surface area contributed by atoms with Crippen LogP contribution in [0.2, 0.25) is 0 Å². The number of methoxy groups -OCH3 is 2. The van der Waals surface area contributed by atoms with Gasteiger partial charge in [-0.25, -0.2) is 4.79 Å². The number of carboxylic acids is 1. The van der Waals surface area contributed by atoms with Crippen LogP contribution < -0.4 is 25.5 Å². The Kier molecular flexibility index (Phi) is 6.73. The first-order chi connectivity index (χ1) is 12.8. The van der Waals surface area contributed by atoms with Gasteiger partial charge < -0.3 is 29.1 Å². The standard InChI is InChI=1S/C18H21NO7S/c1-9-10-5-6-13(24-2)16(25-3)15(10)26-18(23)11(9)7-14(20)19-12(8-27-4)17(21)22/h5-6,12H,7-8H2,1-4H3,(H,19,20)(H,21,22)/p-1/t12-/m0/s1. The van der Waals surface area contributed by atoms with Gasteiger partial charge in [0.2, 0.25) is 11.7 Å². The minimum Gasteiger partial charge on any atom is -0.548 e. The second kappa shape index (κ2) is 8.81. The number of ether oxygens (including phenoxy) is 2. The number of nitrogens with one attached hydrogen (secondary N) is 1. The van der Waals surface area contributed by atoms with Crippen LogP contribution in [0.3, 0.4) is 0 Å². The number of hydrogen-bond acceptors (Lipinski definition) is 8. The van der Waals surface area contributed by atoms with E-state index in [0.29, 0.717) is 16.7 Å². The first kappa shape index (κ1) is 20.6. The van der Waals surface area contributed by atoms with Crippen molar-refractivity contribution < 1.29 is 28.6 Å². The molecule has 9 heteroatoms. The molecule has 0 radical (unpaired) electrons. The van der Waals surface area contributed by atoms with Crippen molar-refractivity contribution in [2.24, 2.45) is 0 Å². The number of aliphatic carboxylic acids is 1. The lowest BCUT2D eigenvalue weighted by Crippen LogP contribution is -2.50. The van der Waals surface area contributed by atoms with Crippen LogP contribution in [0.4, 0.5) is 0 Å². The van der Waals surface area contributed by atoms with Gasteiger partial charge in [-0.05, 0) is 30.9 Å². The first-order valence-corrected chi connectivity index (χ1v) is 9.39. The van der Waals surface area contributed by atoms with Crippen molar-refractivity contribution in [2.45, 2.75) is 19.4 Å². The Morgan fingerprint density at radius 1 is 1.30 bits per heavy atom. The molecule has 0 aliphatic heterocycles. The molecule has 2 aromatic rings. The summed E-state index contributed by atoms with van der Waals surface area (Å²) in [5.41, 5.74) is 0.218. The van der Waals surface area contributed by atoms with E-state index in [9.17, 15) is 19.5 Å². The highest BCUT2D eigenvalue weighted by Gasteiger charge is 2.20. The van der Waals surface area contributed by atoms with Crippen LogP contribution in [0.25, 0.3) is 11.0 Å². The van der Waals surface area contributed by atoms with Crippen LogP contribution in [0.1, 0.15) is 11.1 Å². The summed E-state index contributed by atoms with van der Waals surface area (Å²) < 4.78 is 15.8. The molecule has 2 rings (SSSR count). The van der Waals surface area contributed by atoms with Gasteiger partial charge in [0.25, 0.3) is 0 Å². The largest absolute Gasteiger partial charge is 0.548 e. The third-order valence-corrected chi connectivity index (χ3v) is 4.75. The molecule has 0 fully saturated rings. The molecule has 1 N–H and O–H groups in total. The molecule has 8 nitrogen and oxygen atoms in total. The van der Waals surface area contributed by atoms with Gasteiger partial charge >= 0.3 is 5.63 Å². The third kappa shape index (κ3) is 4.36. The van der Waals surface area contributed by atoms with Gasteiger partial charge in [0, 0.05) is 11.1 Å². The molecule has 146 valence electrons. The Bertz CT molecular complexity index is 922. The van der Waals surface area contributed by atoms with Gasteiger partial charge in [0.15, 0.2) is 11.3 Å². The van der Waals surface area contributed by atoms with E-state index < -0.39 is 23.5 Å². The van der Waals surface area contributed by atoms with Crippen molar-refractivity contribution in [1.29, 1.82) is 0 Å². The minimum atomic E-state index is -1.38. The molecule has 0 aliphatic rings. The van der Waals surface area contributed by atoms with E-state index in [1.807, 2.05) is 0 Å². The summed E-state index contributed by atoms with van der Waals surface area (Å²) in [6.07, 6.45) is 1.41. The Hall–Kier alpha value is -2.68. The fraction of sp³-hybridized carbons (Fsp3) is 0.389. The summed E-state index contributed by atoms with van der Waals surface area (Å²) in [6, 6.07) is 2.24. The van der Waals surface area contributed by atoms with Crippen LogP contribution in [0, 0.1) is 6.92 Å². The van der Waals surface area contributed by atoms with Crippen molar-refractivity contribution >= 4 is 34.6 Å². The average Bonchev–Trinajstić information content (AvgIpc) is 2.63. The lowest BCUT2D eigenvalue weighted by molar-refractivity contribution is -0.307. The van der Waals surface area contributed by atoms with Crippen LogP contribution in [-0.2, 0) is 16.0 Å². The molecule has 0 unspecified atom stereocenters. The van der Waals surface area contributed by atoms with E-state index >= 15 is 0 Å². The fourth-order valence-corrected chi connectivity index (χ4v) is 3.26. The summed E-state index contributed by atoms with van der Waals surface area (Å²) in [5.74, 6) is -1.13. The second-order valence-electron chi connectivity index (χ2n) is 5.74. The zero-order valence-corrected chi connectivity index (χ0v) is 16.2. The smallest absolute Gasteiger partial charge is 0.340 e. The number of thioether (sulfide) groups is 1. The number of carboxylic acid groups (broad SMARTS) is 1. The van der Waals surface area contributed by atoms with Crippen LogP contribution in [0.5, 0.6) is 11.5 Å². The molecule has 0 aliphatic carbocycles. The quantitative estimate of drug-likeness (QED) is 0.634. The normalized spacial score (nSPS) is 11.9. The molecule has 1 heterocycles. The number of amides is 1. The Morgan fingerprint density at radius 2 is 2.00 bits per heavy atom. The molecule has 1 atom stereocenters. The van der Waals surface area contributed by atoms with Crippen molar-refractivity contribution in [3.8, 4) is 11.5 Å². The molecule has 1 aromatic heterocycles. The fourth-order valence-electron chi connectivity index (χ4n) is 2.71. The number of fused-ring (bicyclic) bond motifs is 1. The Labute approximate surface area is 159 Å². The molecule has 0 saturated heterocycles. The maximum absolute atomic E-state index is 12.4. The van der Waals surface area contributed by atoms with Crippen molar-refractivity contribution in [1.82, 2.24) is 5.32 Å². The molecule has 1 aromatic carbocycles. The van der Waals surface area contributed by atoms with Crippen LogP contribution >= 0.6 is 11.8 Å². The number of benzene rings is 1. The lowest BCUT2D eigenvalue weighted by atomic mass is 10.0. The predicted octanol–water partition coefficient (Wildman–Crippen LogP) is 0.259. The van der Waals surface area contributed by atoms with Crippen LogP contribution in [0.15, 0.2) is 21.3 Å². The Balaban J connectivity index is 2.41. The summed E-state index contributed by atoms with van der Waals surface area (Å²) in [6.45, 7) is 1.69. The SMILES string of the molecule is COc1ccc2c(C)c(CC(=O)N[C@@H](CSC)C(=O)[O-])c(=O)oc2c1OC. The molecular formula is C18H20NO7S-. The van der Waals surface area contributed by atoms with Crippen molar-refractivity contribution in [2.75, 3.05) is 26.2 Å². The monoisotopic (exact) mass is 394 g/mol. The molecule has 0 spiro atoms. The summed E-state index contributed by atoms with van der Waals surface area (Å²) >= 11 is 1.26. The van der Waals surface area contributed by atoms with Gasteiger partial charge in [0.1, 0.15) is 0 Å². The van der Waals surface area contributed by atoms with E-state index in [2.05, 4.69) is 5.32 Å². The third-order valence-electron chi connectivity index (χ3n) is 4.09. The van der Waals surface area contributed by atoms with Gasteiger partial charge in [-0.2, -0.15) is 11.8 Å². The molecule has 1 amide bonds. The maximum atomic E-state index is 12.4. The number of hydrogen-bond donors (Lipinski definition) is 1. The maximum Gasteiger partial charge on any atom is 0.340 e.